The number of hydrogen-bond donors (Lipinski definition) is 0. The Bertz CT molecular complexity index is 631. The lowest BCUT2D eigenvalue weighted by molar-refractivity contribution is -0.144. The van der Waals surface area contributed by atoms with Crippen molar-refractivity contribution in [3.63, 3.8) is 0 Å². The summed E-state index contributed by atoms with van der Waals surface area (Å²) in [7, 11) is 3.01. The van der Waals surface area contributed by atoms with Gasteiger partial charge in [0.05, 0.1) is 0 Å². The highest BCUT2D eigenvalue weighted by Gasteiger charge is 2.37. The van der Waals surface area contributed by atoms with Gasteiger partial charge in [0.15, 0.2) is 0 Å². The van der Waals surface area contributed by atoms with Crippen molar-refractivity contribution in [1.82, 2.24) is 14.8 Å². The molecule has 0 aliphatic rings. The Hall–Kier alpha value is -2.12. The van der Waals surface area contributed by atoms with Crippen LogP contribution in [0, 0.1) is 12.7 Å². The zero-order valence-electron chi connectivity index (χ0n) is 11.0. The van der Waals surface area contributed by atoms with E-state index >= 15 is 0 Å². The topological polar surface area (TPSA) is 34.0 Å². The maximum atomic E-state index is 13.9. The van der Waals surface area contributed by atoms with Gasteiger partial charge in [-0.15, -0.1) is 5.10 Å². The molecule has 0 saturated heterocycles. The van der Waals surface area contributed by atoms with Crippen LogP contribution in [0.15, 0.2) is 18.2 Å². The van der Waals surface area contributed by atoms with Crippen molar-refractivity contribution < 1.29 is 17.6 Å². The van der Waals surface area contributed by atoms with Crippen LogP contribution >= 0.6 is 0 Å². The molecule has 2 aromatic rings. The van der Waals surface area contributed by atoms with Crippen LogP contribution in [-0.4, -0.2) is 28.9 Å². The quantitative estimate of drug-likeness (QED) is 0.797. The third-order valence-corrected chi connectivity index (χ3v) is 2.57. The number of aromatic nitrogens is 3. The van der Waals surface area contributed by atoms with E-state index in [1.807, 2.05) is 0 Å². The fourth-order valence-electron chi connectivity index (χ4n) is 1.66. The molecule has 0 amide bonds. The minimum absolute atomic E-state index is 0.0812. The fourth-order valence-corrected chi connectivity index (χ4v) is 1.66. The first kappa shape index (κ1) is 14.3. The first-order chi connectivity index (χ1) is 9.20. The number of aryl methyl sites for hydroxylation is 1. The van der Waals surface area contributed by atoms with Crippen LogP contribution in [0.2, 0.25) is 0 Å². The van der Waals surface area contributed by atoms with Gasteiger partial charge in [0.2, 0.25) is 5.95 Å². The average molecular weight is 288 g/mol. The summed E-state index contributed by atoms with van der Waals surface area (Å²) in [4.78, 5) is 4.74. The highest BCUT2D eigenvalue weighted by molar-refractivity contribution is 5.43. The van der Waals surface area contributed by atoms with E-state index in [0.717, 1.165) is 4.68 Å². The van der Waals surface area contributed by atoms with Crippen molar-refractivity contribution in [2.75, 3.05) is 19.0 Å². The minimum atomic E-state index is -4.68. The number of alkyl halides is 3. The highest BCUT2D eigenvalue weighted by atomic mass is 19.4. The number of halogens is 4. The van der Waals surface area contributed by atoms with E-state index in [9.17, 15) is 17.6 Å². The van der Waals surface area contributed by atoms with Crippen LogP contribution in [0.1, 0.15) is 11.4 Å². The monoisotopic (exact) mass is 288 g/mol. The summed E-state index contributed by atoms with van der Waals surface area (Å²) in [6.07, 6.45) is -4.68. The van der Waals surface area contributed by atoms with E-state index in [1.165, 1.54) is 31.1 Å². The number of nitrogens with zero attached hydrogens (tertiary/aromatic N) is 4. The molecule has 2 rings (SSSR count). The van der Waals surface area contributed by atoms with Crippen molar-refractivity contribution in [2.24, 2.45) is 0 Å². The molecule has 20 heavy (non-hydrogen) atoms. The second-order valence-corrected chi connectivity index (χ2v) is 4.49. The maximum absolute atomic E-state index is 13.9. The van der Waals surface area contributed by atoms with Crippen molar-refractivity contribution in [2.45, 2.75) is 13.1 Å². The van der Waals surface area contributed by atoms with Crippen LogP contribution < -0.4 is 4.90 Å². The molecule has 108 valence electrons. The van der Waals surface area contributed by atoms with Crippen LogP contribution in [-0.2, 0) is 6.18 Å². The van der Waals surface area contributed by atoms with Crippen molar-refractivity contribution in [3.05, 3.63) is 35.4 Å². The lowest BCUT2D eigenvalue weighted by Gasteiger charge is -2.13. The molecule has 0 aliphatic carbocycles. The first-order valence-corrected chi connectivity index (χ1v) is 5.68. The second-order valence-electron chi connectivity index (χ2n) is 4.49. The molecule has 0 bridgehead atoms. The van der Waals surface area contributed by atoms with E-state index < -0.39 is 17.8 Å². The van der Waals surface area contributed by atoms with Gasteiger partial charge in [-0.05, 0) is 24.6 Å². The Morgan fingerprint density at radius 2 is 1.85 bits per heavy atom. The third-order valence-electron chi connectivity index (χ3n) is 2.57. The van der Waals surface area contributed by atoms with Gasteiger partial charge in [-0.1, -0.05) is 6.07 Å². The van der Waals surface area contributed by atoms with Gasteiger partial charge in [0, 0.05) is 14.1 Å². The Balaban J connectivity index is 2.63. The second kappa shape index (κ2) is 4.77. The predicted molar refractivity (Wildman–Crippen MR) is 65.4 cm³/mol. The summed E-state index contributed by atoms with van der Waals surface area (Å²) in [5.74, 6) is -2.06. The molecule has 1 heterocycles. The molecule has 0 saturated carbocycles. The van der Waals surface area contributed by atoms with Gasteiger partial charge in [-0.25, -0.2) is 4.39 Å². The Labute approximate surface area is 112 Å². The van der Waals surface area contributed by atoms with Crippen molar-refractivity contribution in [1.29, 1.82) is 0 Å². The number of rotatable bonds is 2. The SMILES string of the molecule is Cc1ccc(-n2nc(C(F)(F)F)nc2N(C)C)c(F)c1. The van der Waals surface area contributed by atoms with Gasteiger partial charge in [-0.2, -0.15) is 22.8 Å². The lowest BCUT2D eigenvalue weighted by Crippen LogP contribution is -2.16. The molecule has 0 spiro atoms. The predicted octanol–water partition coefficient (Wildman–Crippen LogP) is 2.80. The molecule has 0 atom stereocenters. The number of anilines is 1. The van der Waals surface area contributed by atoms with Gasteiger partial charge in [0.1, 0.15) is 11.5 Å². The van der Waals surface area contributed by atoms with Crippen LogP contribution in [0.25, 0.3) is 5.69 Å². The molecule has 1 aromatic heterocycles. The van der Waals surface area contributed by atoms with E-state index in [0.29, 0.717) is 5.56 Å². The molecule has 0 fully saturated rings. The summed E-state index contributed by atoms with van der Waals surface area (Å²) in [6.45, 7) is 1.68. The van der Waals surface area contributed by atoms with Gasteiger partial charge >= 0.3 is 6.18 Å². The molecule has 0 N–H and O–H groups in total. The summed E-state index contributed by atoms with van der Waals surface area (Å²) >= 11 is 0. The third kappa shape index (κ3) is 2.59. The van der Waals surface area contributed by atoms with Crippen molar-refractivity contribution in [3.8, 4) is 5.69 Å². The van der Waals surface area contributed by atoms with Crippen molar-refractivity contribution >= 4 is 5.95 Å². The van der Waals surface area contributed by atoms with Gasteiger partial charge < -0.3 is 4.90 Å². The maximum Gasteiger partial charge on any atom is 0.453 e. The van der Waals surface area contributed by atoms with Crippen LogP contribution in [0.3, 0.4) is 0 Å². The van der Waals surface area contributed by atoms with E-state index in [2.05, 4.69) is 10.1 Å². The zero-order valence-corrected chi connectivity index (χ0v) is 11.0. The molecular weight excluding hydrogens is 276 g/mol. The molecular formula is C12H12F4N4. The summed E-state index contributed by atoms with van der Waals surface area (Å²) in [6, 6.07) is 4.18. The smallest absolute Gasteiger partial charge is 0.347 e. The molecule has 8 heteroatoms. The van der Waals surface area contributed by atoms with Gasteiger partial charge in [0.25, 0.3) is 5.82 Å². The van der Waals surface area contributed by atoms with E-state index in [1.54, 1.807) is 13.0 Å². The average Bonchev–Trinajstić information content (AvgIpc) is 2.73. The van der Waals surface area contributed by atoms with E-state index in [4.69, 9.17) is 0 Å². The normalized spacial score (nSPS) is 11.8. The fraction of sp³-hybridized carbons (Fsp3) is 0.333. The number of benzene rings is 1. The zero-order chi connectivity index (χ0) is 15.1. The molecule has 4 nitrogen and oxygen atoms in total. The number of hydrogen-bond acceptors (Lipinski definition) is 3. The van der Waals surface area contributed by atoms with Crippen LogP contribution in [0.4, 0.5) is 23.5 Å². The Kier molecular flexibility index (Phi) is 3.41. The van der Waals surface area contributed by atoms with Gasteiger partial charge in [-0.3, -0.25) is 0 Å². The molecule has 1 aromatic carbocycles. The summed E-state index contributed by atoms with van der Waals surface area (Å²) in [5, 5.41) is 3.36. The lowest BCUT2D eigenvalue weighted by atomic mass is 10.2. The van der Waals surface area contributed by atoms with E-state index in [-0.39, 0.29) is 11.6 Å². The largest absolute Gasteiger partial charge is 0.453 e. The molecule has 0 radical (unpaired) electrons. The molecule has 0 aliphatic heterocycles. The highest BCUT2D eigenvalue weighted by Crippen LogP contribution is 2.29. The Morgan fingerprint density at radius 1 is 1.20 bits per heavy atom. The standard InChI is InChI=1S/C12H12F4N4/c1-7-4-5-9(8(13)6-7)20-11(19(2)3)17-10(18-20)12(14,15)16/h4-6H,1-3H3. The summed E-state index contributed by atoms with van der Waals surface area (Å²) in [5.41, 5.74) is 0.580. The first-order valence-electron chi connectivity index (χ1n) is 5.68. The molecule has 0 unspecified atom stereocenters. The minimum Gasteiger partial charge on any atom is -0.347 e. The Morgan fingerprint density at radius 3 is 2.35 bits per heavy atom. The summed E-state index contributed by atoms with van der Waals surface area (Å²) < 4.78 is 52.8. The van der Waals surface area contributed by atoms with Crippen LogP contribution in [0.5, 0.6) is 0 Å².